The van der Waals surface area contributed by atoms with E-state index in [2.05, 4.69) is 12.0 Å². The van der Waals surface area contributed by atoms with Crippen LogP contribution in [0.2, 0.25) is 0 Å². The molecule has 14 heavy (non-hydrogen) atoms. The third-order valence-electron chi connectivity index (χ3n) is 1.85. The summed E-state index contributed by atoms with van der Waals surface area (Å²) in [5.74, 6) is 2.18. The number of rotatable bonds is 4. The maximum absolute atomic E-state index is 10.8. The zero-order chi connectivity index (χ0) is 11.2. The quantitative estimate of drug-likeness (QED) is 0.391. The average molecular weight is 194 g/mol. The van der Waals surface area contributed by atoms with Crippen LogP contribution in [0.15, 0.2) is 11.6 Å². The lowest BCUT2D eigenvalue weighted by atomic mass is 10.0. The predicted octanol–water partition coefficient (Wildman–Crippen LogP) is 2.69. The summed E-state index contributed by atoms with van der Waals surface area (Å²) in [4.78, 5) is 10.8. The Morgan fingerprint density at radius 1 is 1.50 bits per heavy atom. The molecule has 0 aliphatic carbocycles. The van der Waals surface area contributed by atoms with Crippen LogP contribution in [0.5, 0.6) is 0 Å². The van der Waals surface area contributed by atoms with Gasteiger partial charge in [0.1, 0.15) is 0 Å². The highest BCUT2D eigenvalue weighted by atomic mass is 16.6. The highest BCUT2D eigenvalue weighted by Gasteiger charge is 2.23. The van der Waals surface area contributed by atoms with Crippen molar-refractivity contribution in [3.8, 4) is 12.3 Å². The van der Waals surface area contributed by atoms with Crippen molar-refractivity contribution in [1.29, 1.82) is 0 Å². The molecule has 0 spiro atoms. The summed E-state index contributed by atoms with van der Waals surface area (Å²) < 4.78 is 5.06. The summed E-state index contributed by atoms with van der Waals surface area (Å²) in [6.45, 7) is 7.18. The summed E-state index contributed by atoms with van der Waals surface area (Å²) in [6.07, 6.45) is 8.90. The van der Waals surface area contributed by atoms with Gasteiger partial charge in [0.15, 0.2) is 5.60 Å². The highest BCUT2D eigenvalue weighted by Crippen LogP contribution is 2.17. The molecule has 0 aromatic heterocycles. The highest BCUT2D eigenvalue weighted by molar-refractivity contribution is 5.67. The smallest absolute Gasteiger partial charge is 0.304 e. The van der Waals surface area contributed by atoms with E-state index >= 15 is 0 Å². The minimum atomic E-state index is -0.766. The van der Waals surface area contributed by atoms with E-state index in [-0.39, 0.29) is 5.97 Å². The van der Waals surface area contributed by atoms with Crippen LogP contribution in [-0.4, -0.2) is 11.6 Å². The number of allylic oxidation sites excluding steroid dienone is 2. The van der Waals surface area contributed by atoms with Gasteiger partial charge in [-0.15, -0.1) is 6.42 Å². The standard InChI is InChI=1S/C12H18O2/c1-6-12(5,14-11(4)13)9-7-8-10(2)3/h1,8H,7,9H2,2-5H3/t12-/m1/s1. The fraction of sp³-hybridized carbons (Fsp3) is 0.583. The third kappa shape index (κ3) is 5.42. The summed E-state index contributed by atoms with van der Waals surface area (Å²) in [6, 6.07) is 0. The maximum Gasteiger partial charge on any atom is 0.304 e. The SMILES string of the molecule is C#C[C@](C)(CCC=C(C)C)OC(C)=O. The first-order valence-electron chi connectivity index (χ1n) is 4.70. The Kier molecular flexibility index (Phi) is 5.01. The van der Waals surface area contributed by atoms with Gasteiger partial charge in [0.2, 0.25) is 0 Å². The number of hydrogen-bond donors (Lipinski definition) is 0. The lowest BCUT2D eigenvalue weighted by Gasteiger charge is -2.22. The van der Waals surface area contributed by atoms with Gasteiger partial charge in [0.05, 0.1) is 0 Å². The van der Waals surface area contributed by atoms with Gasteiger partial charge in [-0.25, -0.2) is 0 Å². The van der Waals surface area contributed by atoms with E-state index in [1.54, 1.807) is 6.92 Å². The van der Waals surface area contributed by atoms with Gasteiger partial charge in [-0.2, -0.15) is 0 Å². The van der Waals surface area contributed by atoms with E-state index in [1.165, 1.54) is 12.5 Å². The normalized spacial score (nSPS) is 13.6. The second-order valence-corrected chi connectivity index (χ2v) is 3.79. The van der Waals surface area contributed by atoms with Crippen molar-refractivity contribution >= 4 is 5.97 Å². The molecule has 0 saturated carbocycles. The first-order valence-corrected chi connectivity index (χ1v) is 4.70. The number of ether oxygens (including phenoxy) is 1. The van der Waals surface area contributed by atoms with Crippen molar-refractivity contribution < 1.29 is 9.53 Å². The van der Waals surface area contributed by atoms with Crippen LogP contribution in [0.3, 0.4) is 0 Å². The van der Waals surface area contributed by atoms with Crippen LogP contribution < -0.4 is 0 Å². The molecule has 0 radical (unpaired) electrons. The molecule has 78 valence electrons. The number of terminal acetylenes is 1. The molecule has 0 aliphatic rings. The summed E-state index contributed by atoms with van der Waals surface area (Å²) in [7, 11) is 0. The van der Waals surface area contributed by atoms with Crippen molar-refractivity contribution in [2.24, 2.45) is 0 Å². The van der Waals surface area contributed by atoms with Crippen LogP contribution in [0.25, 0.3) is 0 Å². The van der Waals surface area contributed by atoms with Crippen LogP contribution >= 0.6 is 0 Å². The lowest BCUT2D eigenvalue weighted by Crippen LogP contribution is -2.28. The van der Waals surface area contributed by atoms with E-state index in [0.29, 0.717) is 6.42 Å². The van der Waals surface area contributed by atoms with Crippen molar-refractivity contribution in [1.82, 2.24) is 0 Å². The van der Waals surface area contributed by atoms with Gasteiger partial charge in [-0.1, -0.05) is 17.6 Å². The molecule has 0 bridgehead atoms. The lowest BCUT2D eigenvalue weighted by molar-refractivity contribution is -0.150. The molecule has 0 rings (SSSR count). The molecule has 2 nitrogen and oxygen atoms in total. The van der Waals surface area contributed by atoms with Crippen LogP contribution in [-0.2, 0) is 9.53 Å². The van der Waals surface area contributed by atoms with Crippen LogP contribution in [0, 0.1) is 12.3 Å². The minimum Gasteiger partial charge on any atom is -0.446 e. The molecule has 0 aromatic carbocycles. The summed E-state index contributed by atoms with van der Waals surface area (Å²) in [5, 5.41) is 0. The van der Waals surface area contributed by atoms with Crippen LogP contribution in [0.1, 0.15) is 40.5 Å². The molecule has 1 atom stereocenters. The van der Waals surface area contributed by atoms with Crippen molar-refractivity contribution in [2.75, 3.05) is 0 Å². The predicted molar refractivity (Wildman–Crippen MR) is 57.7 cm³/mol. The molecular weight excluding hydrogens is 176 g/mol. The first kappa shape index (κ1) is 12.8. The largest absolute Gasteiger partial charge is 0.446 e. The Morgan fingerprint density at radius 2 is 2.07 bits per heavy atom. The Hall–Kier alpha value is -1.23. The monoisotopic (exact) mass is 194 g/mol. The Morgan fingerprint density at radius 3 is 2.43 bits per heavy atom. The number of hydrogen-bond acceptors (Lipinski definition) is 2. The van der Waals surface area contributed by atoms with Gasteiger partial charge in [-0.3, -0.25) is 4.79 Å². The molecule has 0 aliphatic heterocycles. The molecule has 0 unspecified atom stereocenters. The topological polar surface area (TPSA) is 26.3 Å². The van der Waals surface area contributed by atoms with Crippen molar-refractivity contribution in [3.05, 3.63) is 11.6 Å². The van der Waals surface area contributed by atoms with E-state index in [0.717, 1.165) is 6.42 Å². The van der Waals surface area contributed by atoms with E-state index in [4.69, 9.17) is 11.2 Å². The summed E-state index contributed by atoms with van der Waals surface area (Å²) in [5.41, 5.74) is 0.477. The second-order valence-electron chi connectivity index (χ2n) is 3.79. The molecule has 2 heteroatoms. The number of carbonyl (C=O) groups excluding carboxylic acids is 1. The van der Waals surface area contributed by atoms with Crippen molar-refractivity contribution in [2.45, 2.75) is 46.1 Å². The third-order valence-corrected chi connectivity index (χ3v) is 1.85. The van der Waals surface area contributed by atoms with E-state index < -0.39 is 5.60 Å². The van der Waals surface area contributed by atoms with Gasteiger partial charge < -0.3 is 4.74 Å². The molecule has 0 N–H and O–H groups in total. The fourth-order valence-electron chi connectivity index (χ4n) is 1.11. The summed E-state index contributed by atoms with van der Waals surface area (Å²) >= 11 is 0. The fourth-order valence-corrected chi connectivity index (χ4v) is 1.11. The molecule has 0 aromatic rings. The first-order chi connectivity index (χ1) is 6.39. The average Bonchev–Trinajstić information content (AvgIpc) is 2.02. The zero-order valence-corrected chi connectivity index (χ0v) is 9.39. The minimum absolute atomic E-state index is 0.331. The maximum atomic E-state index is 10.8. The van der Waals surface area contributed by atoms with E-state index in [1.807, 2.05) is 13.8 Å². The number of carbonyl (C=O) groups is 1. The Bertz CT molecular complexity index is 267. The second kappa shape index (κ2) is 5.49. The Balaban J connectivity index is 4.21. The van der Waals surface area contributed by atoms with Gasteiger partial charge in [-0.05, 0) is 27.2 Å². The van der Waals surface area contributed by atoms with Gasteiger partial charge in [0.25, 0.3) is 0 Å². The Labute approximate surface area is 86.3 Å². The van der Waals surface area contributed by atoms with Gasteiger partial charge in [0, 0.05) is 13.3 Å². The molecule has 0 amide bonds. The van der Waals surface area contributed by atoms with Gasteiger partial charge >= 0.3 is 5.97 Å². The van der Waals surface area contributed by atoms with E-state index in [9.17, 15) is 4.79 Å². The zero-order valence-electron chi connectivity index (χ0n) is 9.39. The molecular formula is C12H18O2. The molecule has 0 fully saturated rings. The van der Waals surface area contributed by atoms with Crippen molar-refractivity contribution in [3.63, 3.8) is 0 Å². The number of esters is 1. The molecule has 0 saturated heterocycles. The molecule has 0 heterocycles. The van der Waals surface area contributed by atoms with Crippen LogP contribution in [0.4, 0.5) is 0 Å².